The number of furan rings is 1. The second-order valence-corrected chi connectivity index (χ2v) is 17.3. The van der Waals surface area contributed by atoms with Crippen LogP contribution in [0.1, 0.15) is 0 Å². The van der Waals surface area contributed by atoms with Gasteiger partial charge in [-0.25, -0.2) is 0 Å². The smallest absolute Gasteiger partial charge is 0.136 e. The minimum atomic E-state index is 0.890. The van der Waals surface area contributed by atoms with Crippen LogP contribution in [-0.4, -0.2) is 0 Å². The fourth-order valence-corrected chi connectivity index (χ4v) is 10.1. The van der Waals surface area contributed by atoms with Gasteiger partial charge in [-0.3, -0.25) is 0 Å². The molecule has 13 rings (SSSR count). The van der Waals surface area contributed by atoms with Gasteiger partial charge in [0.1, 0.15) is 11.2 Å². The van der Waals surface area contributed by atoms with Gasteiger partial charge in [-0.15, -0.1) is 0 Å². The summed E-state index contributed by atoms with van der Waals surface area (Å²) in [5.41, 5.74) is 14.4. The Morgan fingerprint density at radius 1 is 0.242 bits per heavy atom. The number of rotatable bonds is 7. The van der Waals surface area contributed by atoms with E-state index in [4.69, 9.17) is 4.42 Å². The fourth-order valence-electron chi connectivity index (χ4n) is 10.1. The first-order valence-electron chi connectivity index (χ1n) is 22.6. The first-order chi connectivity index (χ1) is 32.7. The van der Waals surface area contributed by atoms with Crippen LogP contribution in [0.5, 0.6) is 0 Å². The molecule has 13 aromatic rings. The van der Waals surface area contributed by atoms with E-state index in [1.165, 1.54) is 70.9 Å². The molecule has 0 radical (unpaired) electrons. The Bertz CT molecular complexity index is 3990. The van der Waals surface area contributed by atoms with Gasteiger partial charge in [0.15, 0.2) is 0 Å². The molecule has 1 heterocycles. The maximum Gasteiger partial charge on any atom is 0.136 e. The summed E-state index contributed by atoms with van der Waals surface area (Å²) in [4.78, 5) is 2.38. The van der Waals surface area contributed by atoms with Gasteiger partial charge < -0.3 is 9.32 Å². The molecule has 0 atom stereocenters. The van der Waals surface area contributed by atoms with Crippen LogP contribution in [0.3, 0.4) is 0 Å². The summed E-state index contributed by atoms with van der Waals surface area (Å²) in [6, 6.07) is 90.4. The maximum absolute atomic E-state index is 6.33. The van der Waals surface area contributed by atoms with Crippen LogP contribution in [0.15, 0.2) is 253 Å². The lowest BCUT2D eigenvalue weighted by Gasteiger charge is -2.27. The standard InChI is InChI=1S/C64H41NO/c1-3-16-56-45(10-1)29-31-52-38-49(34-37-58(52)56)44-32-35-53(36-33-44)65(55-15-8-13-51(40-55)59-19-9-21-63-64(59)60-18-5-6-20-62(60)66-63)54-14-7-12-48(39-54)42-22-24-43(25-23-42)50-30-28-47-27-26-46-11-2-4-17-57(46)61(47)41-50/h1-41H. The molecule has 0 spiro atoms. The molecular formula is C64H41NO. The average molecular weight is 840 g/mol. The third-order valence-corrected chi connectivity index (χ3v) is 13.4. The summed E-state index contributed by atoms with van der Waals surface area (Å²) < 4.78 is 6.33. The Balaban J connectivity index is 0.895. The molecule has 0 unspecified atom stereocenters. The lowest BCUT2D eigenvalue weighted by Crippen LogP contribution is -2.10. The lowest BCUT2D eigenvalue weighted by atomic mass is 9.95. The third-order valence-electron chi connectivity index (χ3n) is 13.4. The average Bonchev–Trinajstić information content (AvgIpc) is 3.78. The Kier molecular flexibility index (Phi) is 8.89. The minimum absolute atomic E-state index is 0.890. The Morgan fingerprint density at radius 3 is 1.44 bits per heavy atom. The molecule has 0 fully saturated rings. The molecule has 308 valence electrons. The number of hydrogen-bond acceptors (Lipinski definition) is 2. The van der Waals surface area contributed by atoms with Crippen molar-refractivity contribution in [3.05, 3.63) is 249 Å². The van der Waals surface area contributed by atoms with Gasteiger partial charge in [0.05, 0.1) is 0 Å². The van der Waals surface area contributed by atoms with Crippen molar-refractivity contribution in [2.24, 2.45) is 0 Å². The summed E-state index contributed by atoms with van der Waals surface area (Å²) >= 11 is 0. The van der Waals surface area contributed by atoms with Crippen molar-refractivity contribution in [1.29, 1.82) is 0 Å². The summed E-state index contributed by atoms with van der Waals surface area (Å²) in [6.07, 6.45) is 0. The highest BCUT2D eigenvalue weighted by molar-refractivity contribution is 6.13. The van der Waals surface area contributed by atoms with Gasteiger partial charge >= 0.3 is 0 Å². The number of nitrogens with zero attached hydrogens (tertiary/aromatic N) is 1. The third kappa shape index (κ3) is 6.50. The number of anilines is 3. The predicted molar refractivity (Wildman–Crippen MR) is 280 cm³/mol. The zero-order valence-electron chi connectivity index (χ0n) is 36.0. The molecule has 0 saturated heterocycles. The Morgan fingerprint density at radius 2 is 0.712 bits per heavy atom. The Hall–Kier alpha value is -8.72. The van der Waals surface area contributed by atoms with Crippen LogP contribution < -0.4 is 4.90 Å². The summed E-state index contributed by atoms with van der Waals surface area (Å²) in [5.74, 6) is 0. The Labute approximate surface area is 382 Å². The molecule has 0 aliphatic rings. The van der Waals surface area contributed by atoms with Crippen LogP contribution in [0.25, 0.3) is 110 Å². The van der Waals surface area contributed by atoms with Gasteiger partial charge in [0.2, 0.25) is 0 Å². The predicted octanol–water partition coefficient (Wildman–Crippen LogP) is 18.3. The van der Waals surface area contributed by atoms with Crippen molar-refractivity contribution < 1.29 is 4.42 Å². The largest absolute Gasteiger partial charge is 0.456 e. The molecule has 0 aliphatic carbocycles. The van der Waals surface area contributed by atoms with E-state index in [0.29, 0.717) is 0 Å². The minimum Gasteiger partial charge on any atom is -0.456 e. The number of para-hydroxylation sites is 1. The number of benzene rings is 12. The van der Waals surface area contributed by atoms with Crippen LogP contribution in [0.4, 0.5) is 17.1 Å². The van der Waals surface area contributed by atoms with E-state index in [9.17, 15) is 0 Å². The first-order valence-corrected chi connectivity index (χ1v) is 22.6. The normalized spacial score (nSPS) is 11.6. The lowest BCUT2D eigenvalue weighted by molar-refractivity contribution is 0.669. The SMILES string of the molecule is c1cc(-c2ccc(-c3ccc4ccc5ccccc5c4c3)cc2)cc(N(c2ccc(-c3ccc4c(ccc5ccccc54)c3)cc2)c2cccc(-c3cccc4oc5ccccc5c34)c2)c1. The molecular weight excluding hydrogens is 799 g/mol. The fraction of sp³-hybridized carbons (Fsp3) is 0. The number of fused-ring (bicyclic) bond motifs is 9. The van der Waals surface area contributed by atoms with Gasteiger partial charge in [0.25, 0.3) is 0 Å². The second-order valence-electron chi connectivity index (χ2n) is 17.3. The van der Waals surface area contributed by atoms with Gasteiger partial charge in [-0.1, -0.05) is 188 Å². The molecule has 0 saturated carbocycles. The van der Waals surface area contributed by atoms with E-state index in [-0.39, 0.29) is 0 Å². The molecule has 2 nitrogen and oxygen atoms in total. The van der Waals surface area contributed by atoms with Gasteiger partial charge in [-0.05, 0) is 148 Å². The van der Waals surface area contributed by atoms with Gasteiger partial charge in [0, 0.05) is 27.8 Å². The van der Waals surface area contributed by atoms with E-state index in [1.54, 1.807) is 0 Å². The molecule has 1 aromatic heterocycles. The monoisotopic (exact) mass is 839 g/mol. The first kappa shape index (κ1) is 37.8. The molecule has 0 amide bonds. The van der Waals surface area contributed by atoms with Crippen molar-refractivity contribution >= 4 is 82.1 Å². The van der Waals surface area contributed by atoms with Crippen LogP contribution in [0.2, 0.25) is 0 Å². The van der Waals surface area contributed by atoms with Crippen LogP contribution >= 0.6 is 0 Å². The van der Waals surface area contributed by atoms with Crippen molar-refractivity contribution in [3.8, 4) is 44.5 Å². The second kappa shape index (κ2) is 15.5. The highest BCUT2D eigenvalue weighted by Crippen LogP contribution is 2.42. The van der Waals surface area contributed by atoms with Crippen molar-refractivity contribution in [3.63, 3.8) is 0 Å². The zero-order chi connectivity index (χ0) is 43.6. The van der Waals surface area contributed by atoms with Gasteiger partial charge in [-0.2, -0.15) is 0 Å². The van der Waals surface area contributed by atoms with Crippen molar-refractivity contribution in [2.75, 3.05) is 4.90 Å². The van der Waals surface area contributed by atoms with Crippen LogP contribution in [-0.2, 0) is 0 Å². The zero-order valence-corrected chi connectivity index (χ0v) is 36.0. The molecule has 0 aliphatic heterocycles. The van der Waals surface area contributed by atoms with Crippen molar-refractivity contribution in [1.82, 2.24) is 0 Å². The molecule has 66 heavy (non-hydrogen) atoms. The molecule has 2 heteroatoms. The van der Waals surface area contributed by atoms with Crippen LogP contribution in [0, 0.1) is 0 Å². The van der Waals surface area contributed by atoms with E-state index in [1.807, 2.05) is 12.1 Å². The van der Waals surface area contributed by atoms with E-state index in [0.717, 1.165) is 55.7 Å². The quantitative estimate of drug-likeness (QED) is 0.149. The highest BCUT2D eigenvalue weighted by Gasteiger charge is 2.18. The summed E-state index contributed by atoms with van der Waals surface area (Å²) in [6.45, 7) is 0. The topological polar surface area (TPSA) is 16.4 Å². The summed E-state index contributed by atoms with van der Waals surface area (Å²) in [7, 11) is 0. The highest BCUT2D eigenvalue weighted by atomic mass is 16.3. The molecule has 0 bridgehead atoms. The summed E-state index contributed by atoms with van der Waals surface area (Å²) in [5, 5.41) is 12.4. The molecule has 12 aromatic carbocycles. The van der Waals surface area contributed by atoms with Crippen molar-refractivity contribution in [2.45, 2.75) is 0 Å². The van der Waals surface area contributed by atoms with E-state index >= 15 is 0 Å². The number of hydrogen-bond donors (Lipinski definition) is 0. The maximum atomic E-state index is 6.33. The van der Waals surface area contributed by atoms with E-state index < -0.39 is 0 Å². The molecule has 0 N–H and O–H groups in total. The van der Waals surface area contributed by atoms with E-state index in [2.05, 4.69) is 241 Å².